The molecular weight excluding hydrogens is 721 g/mol. The standard InChI is InChI=1S/C49H30N6O3/c1-2-12-30(13-3-1)52-29-53(40-18-8-7-17-39(40)52)31-24-36-35-28-44-34(33-14-4-9-19-43(33)57-44)27-45(35)58-48(36)46(25-31)56-32-21-22-41-42(26-32)55(47-20-10-11-23-50-47)49-51-37-15-5-6-16-38(37)54(41)49/h1-28H,29H2. The van der Waals surface area contributed by atoms with E-state index in [9.17, 15) is 0 Å². The number of para-hydroxylation sites is 6. The van der Waals surface area contributed by atoms with E-state index in [1.165, 1.54) is 0 Å². The largest absolute Gasteiger partial charge is 0.456 e. The summed E-state index contributed by atoms with van der Waals surface area (Å²) in [6.45, 7) is 0.620. The maximum absolute atomic E-state index is 7.01. The van der Waals surface area contributed by atoms with Crippen molar-refractivity contribution in [1.82, 2.24) is 18.9 Å². The first-order valence-electron chi connectivity index (χ1n) is 19.3. The van der Waals surface area contributed by atoms with E-state index in [0.29, 0.717) is 23.8 Å². The highest BCUT2D eigenvalue weighted by Gasteiger charge is 2.30. The number of aromatic nitrogens is 4. The second-order valence-electron chi connectivity index (χ2n) is 14.7. The zero-order valence-electron chi connectivity index (χ0n) is 30.8. The van der Waals surface area contributed by atoms with E-state index in [1.54, 1.807) is 6.20 Å². The van der Waals surface area contributed by atoms with Gasteiger partial charge in [0.25, 0.3) is 0 Å². The van der Waals surface area contributed by atoms with Crippen LogP contribution < -0.4 is 14.5 Å². The van der Waals surface area contributed by atoms with E-state index in [4.69, 9.17) is 23.5 Å². The molecule has 0 radical (unpaired) electrons. The molecule has 0 spiro atoms. The number of ether oxygens (including phenoxy) is 1. The molecule has 0 saturated carbocycles. The highest BCUT2D eigenvalue weighted by Crippen LogP contribution is 2.48. The lowest BCUT2D eigenvalue weighted by Gasteiger charge is -2.22. The Balaban J connectivity index is 1.02. The average molecular weight is 751 g/mol. The molecule has 274 valence electrons. The van der Waals surface area contributed by atoms with Crippen LogP contribution in [0.5, 0.6) is 11.5 Å². The minimum absolute atomic E-state index is 0.603. The minimum atomic E-state index is 0.603. The summed E-state index contributed by atoms with van der Waals surface area (Å²) in [6.07, 6.45) is 1.80. The second-order valence-corrected chi connectivity index (χ2v) is 14.7. The van der Waals surface area contributed by atoms with Crippen molar-refractivity contribution in [1.29, 1.82) is 0 Å². The quantitative estimate of drug-likeness (QED) is 0.173. The molecule has 9 nitrogen and oxygen atoms in total. The van der Waals surface area contributed by atoms with E-state index in [-0.39, 0.29) is 0 Å². The van der Waals surface area contributed by atoms with Crippen LogP contribution >= 0.6 is 0 Å². The van der Waals surface area contributed by atoms with Crippen LogP contribution in [0, 0.1) is 0 Å². The van der Waals surface area contributed by atoms with E-state index < -0.39 is 0 Å². The molecule has 0 saturated heterocycles. The van der Waals surface area contributed by atoms with Crippen LogP contribution in [0.1, 0.15) is 0 Å². The lowest BCUT2D eigenvalue weighted by Crippen LogP contribution is -2.23. The maximum atomic E-state index is 7.01. The van der Waals surface area contributed by atoms with Gasteiger partial charge in [-0.3, -0.25) is 8.97 Å². The van der Waals surface area contributed by atoms with Gasteiger partial charge in [-0.1, -0.05) is 66.7 Å². The first kappa shape index (κ1) is 31.2. The van der Waals surface area contributed by atoms with Crippen LogP contribution in [0.25, 0.3) is 77.5 Å². The highest BCUT2D eigenvalue weighted by molar-refractivity contribution is 6.16. The van der Waals surface area contributed by atoms with Gasteiger partial charge in [-0.15, -0.1) is 0 Å². The lowest BCUT2D eigenvalue weighted by molar-refractivity contribution is 0.477. The topological polar surface area (TPSA) is 77.1 Å². The first-order chi connectivity index (χ1) is 28.7. The number of benzene rings is 7. The Kier molecular flexibility index (Phi) is 6.31. The molecule has 1 aliphatic rings. The van der Waals surface area contributed by atoms with Crippen molar-refractivity contribution in [3.8, 4) is 17.3 Å². The van der Waals surface area contributed by atoms with Gasteiger partial charge in [0.05, 0.1) is 33.4 Å². The molecule has 7 aromatic carbocycles. The molecule has 0 bridgehead atoms. The van der Waals surface area contributed by atoms with Crippen molar-refractivity contribution >= 4 is 94.5 Å². The maximum Gasteiger partial charge on any atom is 0.221 e. The van der Waals surface area contributed by atoms with E-state index in [2.05, 4.69) is 122 Å². The monoisotopic (exact) mass is 750 g/mol. The predicted molar refractivity (Wildman–Crippen MR) is 230 cm³/mol. The Hall–Kier alpha value is -8.04. The summed E-state index contributed by atoms with van der Waals surface area (Å²) in [6, 6.07) is 56.0. The zero-order chi connectivity index (χ0) is 37.9. The molecule has 0 unspecified atom stereocenters. The average Bonchev–Trinajstić information content (AvgIpc) is 4.08. The van der Waals surface area contributed by atoms with Crippen molar-refractivity contribution in [2.24, 2.45) is 0 Å². The Morgan fingerprint density at radius 1 is 0.517 bits per heavy atom. The number of imidazole rings is 2. The third-order valence-electron chi connectivity index (χ3n) is 11.4. The van der Waals surface area contributed by atoms with Gasteiger partial charge in [-0.2, -0.15) is 0 Å². The SMILES string of the molecule is c1ccc(N2CN(c3cc(Oc4ccc5c(c4)n(-c4ccccn4)c4nc6ccccc6n54)c4oc5cc6c(cc5c4c3)oc3ccccc36)c3ccccc32)cc1. The lowest BCUT2D eigenvalue weighted by atomic mass is 10.1. The van der Waals surface area contributed by atoms with Crippen LogP contribution in [-0.4, -0.2) is 25.6 Å². The van der Waals surface area contributed by atoms with Gasteiger partial charge in [-0.05, 0) is 84.9 Å². The molecule has 13 rings (SSSR count). The van der Waals surface area contributed by atoms with Gasteiger partial charge in [0, 0.05) is 51.2 Å². The fourth-order valence-corrected chi connectivity index (χ4v) is 8.83. The number of hydrogen-bond acceptors (Lipinski definition) is 7. The van der Waals surface area contributed by atoms with Gasteiger partial charge in [-0.25, -0.2) is 9.97 Å². The first-order valence-corrected chi connectivity index (χ1v) is 19.3. The molecule has 0 atom stereocenters. The zero-order valence-corrected chi connectivity index (χ0v) is 30.8. The van der Waals surface area contributed by atoms with Crippen LogP contribution in [0.15, 0.2) is 179 Å². The number of nitrogens with zero attached hydrogens (tertiary/aromatic N) is 6. The summed E-state index contributed by atoms with van der Waals surface area (Å²) in [7, 11) is 0. The molecule has 12 aromatic rings. The summed E-state index contributed by atoms with van der Waals surface area (Å²) >= 11 is 0. The van der Waals surface area contributed by atoms with Gasteiger partial charge in [0.2, 0.25) is 5.78 Å². The molecule has 5 aromatic heterocycles. The summed E-state index contributed by atoms with van der Waals surface area (Å²) in [5.41, 5.74) is 11.3. The molecule has 1 aliphatic heterocycles. The molecule has 9 heteroatoms. The van der Waals surface area contributed by atoms with Gasteiger partial charge >= 0.3 is 0 Å². The molecular formula is C49H30N6O3. The molecule has 0 fully saturated rings. The summed E-state index contributed by atoms with van der Waals surface area (Å²) in [4.78, 5) is 14.5. The van der Waals surface area contributed by atoms with Crippen LogP contribution in [-0.2, 0) is 0 Å². The number of pyridine rings is 1. The van der Waals surface area contributed by atoms with Crippen molar-refractivity contribution in [2.45, 2.75) is 0 Å². The van der Waals surface area contributed by atoms with E-state index in [0.717, 1.165) is 94.7 Å². The van der Waals surface area contributed by atoms with Crippen LogP contribution in [0.3, 0.4) is 0 Å². The number of furan rings is 2. The van der Waals surface area contributed by atoms with E-state index in [1.807, 2.05) is 60.7 Å². The third kappa shape index (κ3) is 4.46. The highest BCUT2D eigenvalue weighted by atomic mass is 16.5. The smallest absolute Gasteiger partial charge is 0.221 e. The third-order valence-corrected chi connectivity index (χ3v) is 11.4. The summed E-state index contributed by atoms with van der Waals surface area (Å²) in [5, 5.41) is 3.95. The molecule has 6 heterocycles. The van der Waals surface area contributed by atoms with Crippen molar-refractivity contribution in [2.75, 3.05) is 16.5 Å². The Morgan fingerprint density at radius 3 is 2.12 bits per heavy atom. The second kappa shape index (κ2) is 11.7. The molecule has 0 aliphatic carbocycles. The van der Waals surface area contributed by atoms with Crippen LogP contribution in [0.4, 0.5) is 22.7 Å². The van der Waals surface area contributed by atoms with Gasteiger partial charge < -0.3 is 23.4 Å². The van der Waals surface area contributed by atoms with Gasteiger partial charge in [0.1, 0.15) is 35.0 Å². The molecule has 0 amide bonds. The number of fused-ring (bicyclic) bond motifs is 12. The normalized spacial score (nSPS) is 13.0. The predicted octanol–water partition coefficient (Wildman–Crippen LogP) is 12.7. The molecule has 0 N–H and O–H groups in total. The van der Waals surface area contributed by atoms with Crippen molar-refractivity contribution in [3.05, 3.63) is 170 Å². The minimum Gasteiger partial charge on any atom is -0.456 e. The number of anilines is 4. The Labute approximate surface area is 329 Å². The number of rotatable bonds is 5. The fourth-order valence-electron chi connectivity index (χ4n) is 8.83. The molecule has 58 heavy (non-hydrogen) atoms. The Bertz CT molecular complexity index is 3600. The van der Waals surface area contributed by atoms with Crippen molar-refractivity contribution < 1.29 is 13.6 Å². The van der Waals surface area contributed by atoms with Gasteiger partial charge in [0.15, 0.2) is 11.3 Å². The summed E-state index contributed by atoms with van der Waals surface area (Å²) in [5.74, 6) is 2.80. The fraction of sp³-hybridized carbons (Fsp3) is 0.0204. The number of hydrogen-bond donors (Lipinski definition) is 0. The summed E-state index contributed by atoms with van der Waals surface area (Å²) < 4.78 is 24.5. The Morgan fingerprint density at radius 2 is 1.26 bits per heavy atom. The van der Waals surface area contributed by atoms with Crippen molar-refractivity contribution in [3.63, 3.8) is 0 Å². The van der Waals surface area contributed by atoms with E-state index >= 15 is 0 Å². The van der Waals surface area contributed by atoms with Crippen LogP contribution in [0.2, 0.25) is 0 Å².